The van der Waals surface area contributed by atoms with Crippen molar-refractivity contribution in [3.8, 4) is 0 Å². The molecule has 2 rings (SSSR count). The van der Waals surface area contributed by atoms with Gasteiger partial charge in [0.1, 0.15) is 0 Å². The highest BCUT2D eigenvalue weighted by Gasteiger charge is 2.04. The molecule has 0 saturated heterocycles. The molecule has 19 heavy (non-hydrogen) atoms. The number of thiazole rings is 1. The molecule has 0 amide bonds. The summed E-state index contributed by atoms with van der Waals surface area (Å²) in [7, 11) is 0. The van der Waals surface area contributed by atoms with Crippen LogP contribution in [0.3, 0.4) is 0 Å². The molecule has 102 valence electrons. The van der Waals surface area contributed by atoms with Crippen LogP contribution < -0.4 is 5.32 Å². The van der Waals surface area contributed by atoms with Crippen molar-refractivity contribution >= 4 is 11.3 Å². The predicted molar refractivity (Wildman–Crippen MR) is 82.9 cm³/mol. The van der Waals surface area contributed by atoms with Gasteiger partial charge in [0.25, 0.3) is 0 Å². The first kappa shape index (κ1) is 14.2. The van der Waals surface area contributed by atoms with E-state index in [0.717, 1.165) is 24.5 Å². The Morgan fingerprint density at radius 1 is 1.21 bits per heavy atom. The molecule has 0 saturated carbocycles. The van der Waals surface area contributed by atoms with E-state index >= 15 is 0 Å². The van der Waals surface area contributed by atoms with Crippen LogP contribution in [0.4, 0.5) is 0 Å². The van der Waals surface area contributed by atoms with Gasteiger partial charge in [-0.15, -0.1) is 11.3 Å². The van der Waals surface area contributed by atoms with E-state index in [4.69, 9.17) is 0 Å². The van der Waals surface area contributed by atoms with Crippen molar-refractivity contribution in [2.45, 2.75) is 32.6 Å². The first-order valence-corrected chi connectivity index (χ1v) is 7.80. The number of nitrogens with zero attached hydrogens (tertiary/aromatic N) is 1. The molecule has 3 heteroatoms. The number of benzene rings is 1. The van der Waals surface area contributed by atoms with Gasteiger partial charge in [0, 0.05) is 18.3 Å². The minimum atomic E-state index is 0.621. The number of aromatic nitrogens is 1. The quantitative estimate of drug-likeness (QED) is 0.777. The lowest BCUT2D eigenvalue weighted by molar-refractivity contribution is 0.593. The summed E-state index contributed by atoms with van der Waals surface area (Å²) in [5, 5.41) is 6.82. The Labute approximate surface area is 119 Å². The maximum absolute atomic E-state index is 4.47. The number of hydrogen-bond acceptors (Lipinski definition) is 3. The Hall–Kier alpha value is -1.19. The maximum Gasteiger partial charge on any atom is 0.0897 e. The van der Waals surface area contributed by atoms with E-state index in [2.05, 4.69) is 59.9 Å². The zero-order chi connectivity index (χ0) is 13.5. The third-order valence-electron chi connectivity index (χ3n) is 3.35. The Kier molecular flexibility index (Phi) is 5.55. The van der Waals surface area contributed by atoms with Gasteiger partial charge in [-0.25, -0.2) is 4.98 Å². The van der Waals surface area contributed by atoms with Crippen molar-refractivity contribution in [1.82, 2.24) is 10.3 Å². The molecule has 1 heterocycles. The largest absolute Gasteiger partial charge is 0.316 e. The Balaban J connectivity index is 1.62. The molecule has 0 aliphatic carbocycles. The van der Waals surface area contributed by atoms with Gasteiger partial charge in [-0.3, -0.25) is 0 Å². The molecule has 1 N–H and O–H groups in total. The molecule has 0 aliphatic rings. The lowest BCUT2D eigenvalue weighted by atomic mass is 9.98. The summed E-state index contributed by atoms with van der Waals surface area (Å²) in [5.41, 5.74) is 2.64. The van der Waals surface area contributed by atoms with Crippen molar-refractivity contribution < 1.29 is 0 Å². The monoisotopic (exact) mass is 274 g/mol. The highest BCUT2D eigenvalue weighted by molar-refractivity contribution is 7.09. The first-order valence-electron chi connectivity index (χ1n) is 6.92. The molecule has 0 aliphatic heterocycles. The molecule has 1 aromatic carbocycles. The molecular formula is C16H22N2S. The fourth-order valence-electron chi connectivity index (χ4n) is 2.13. The molecular weight excluding hydrogens is 252 g/mol. The van der Waals surface area contributed by atoms with Gasteiger partial charge < -0.3 is 5.32 Å². The van der Waals surface area contributed by atoms with Crippen LogP contribution >= 0.6 is 11.3 Å². The molecule has 1 atom stereocenters. The summed E-state index contributed by atoms with van der Waals surface area (Å²) in [5.74, 6) is 0.621. The zero-order valence-corrected chi connectivity index (χ0v) is 12.5. The molecule has 1 aromatic heterocycles. The maximum atomic E-state index is 4.47. The molecule has 0 spiro atoms. The van der Waals surface area contributed by atoms with Gasteiger partial charge in [0.05, 0.1) is 10.7 Å². The topological polar surface area (TPSA) is 24.9 Å². The van der Waals surface area contributed by atoms with Crippen LogP contribution in [0, 0.1) is 6.92 Å². The summed E-state index contributed by atoms with van der Waals surface area (Å²) in [6, 6.07) is 10.7. The van der Waals surface area contributed by atoms with Gasteiger partial charge in [0.15, 0.2) is 0 Å². The standard InChI is InChI=1S/C16H22N2S/c1-13(15-6-4-3-5-7-15)8-10-17-11-9-16-12-19-14(2)18-16/h3-7,12-13,17H,8-11H2,1-2H3. The fraction of sp³-hybridized carbons (Fsp3) is 0.438. The summed E-state index contributed by atoms with van der Waals surface area (Å²) in [6.07, 6.45) is 2.21. The van der Waals surface area contributed by atoms with Crippen molar-refractivity contribution in [2.24, 2.45) is 0 Å². The van der Waals surface area contributed by atoms with E-state index in [1.54, 1.807) is 11.3 Å². The molecule has 2 nitrogen and oxygen atoms in total. The van der Waals surface area contributed by atoms with E-state index in [9.17, 15) is 0 Å². The molecule has 0 radical (unpaired) electrons. The number of hydrogen-bond donors (Lipinski definition) is 1. The molecule has 2 aromatic rings. The lowest BCUT2D eigenvalue weighted by Crippen LogP contribution is -2.20. The second-order valence-electron chi connectivity index (χ2n) is 4.96. The number of aryl methyl sites for hydroxylation is 1. The van der Waals surface area contributed by atoms with Crippen molar-refractivity contribution in [2.75, 3.05) is 13.1 Å². The lowest BCUT2D eigenvalue weighted by Gasteiger charge is -2.12. The molecule has 0 bridgehead atoms. The smallest absolute Gasteiger partial charge is 0.0897 e. The SMILES string of the molecule is Cc1nc(CCNCCC(C)c2ccccc2)cs1. The van der Waals surface area contributed by atoms with E-state index in [0.29, 0.717) is 5.92 Å². The van der Waals surface area contributed by atoms with Crippen LogP contribution in [0.1, 0.15) is 35.5 Å². The normalized spacial score (nSPS) is 12.5. The van der Waals surface area contributed by atoms with Gasteiger partial charge in [-0.05, 0) is 31.4 Å². The van der Waals surface area contributed by atoms with Crippen LogP contribution in [-0.4, -0.2) is 18.1 Å². The Morgan fingerprint density at radius 3 is 2.68 bits per heavy atom. The average Bonchev–Trinajstić information content (AvgIpc) is 2.85. The van der Waals surface area contributed by atoms with Gasteiger partial charge >= 0.3 is 0 Å². The van der Waals surface area contributed by atoms with Crippen molar-refractivity contribution in [3.63, 3.8) is 0 Å². The second-order valence-corrected chi connectivity index (χ2v) is 6.02. The highest BCUT2D eigenvalue weighted by atomic mass is 32.1. The summed E-state index contributed by atoms with van der Waals surface area (Å²) >= 11 is 1.73. The summed E-state index contributed by atoms with van der Waals surface area (Å²) < 4.78 is 0. The number of rotatable bonds is 7. The third kappa shape index (κ3) is 4.77. The zero-order valence-electron chi connectivity index (χ0n) is 11.7. The van der Waals surface area contributed by atoms with Crippen LogP contribution in [-0.2, 0) is 6.42 Å². The number of nitrogens with one attached hydrogen (secondary N) is 1. The van der Waals surface area contributed by atoms with Crippen LogP contribution in [0.5, 0.6) is 0 Å². The van der Waals surface area contributed by atoms with Crippen LogP contribution in [0.15, 0.2) is 35.7 Å². The first-order chi connectivity index (χ1) is 9.25. The summed E-state index contributed by atoms with van der Waals surface area (Å²) in [4.78, 5) is 4.47. The Bertz CT molecular complexity index is 479. The second kappa shape index (κ2) is 7.41. The predicted octanol–water partition coefficient (Wildman–Crippen LogP) is 3.78. The highest BCUT2D eigenvalue weighted by Crippen LogP contribution is 2.17. The van der Waals surface area contributed by atoms with Crippen LogP contribution in [0.25, 0.3) is 0 Å². The van der Waals surface area contributed by atoms with E-state index in [1.807, 2.05) is 0 Å². The van der Waals surface area contributed by atoms with Crippen LogP contribution in [0.2, 0.25) is 0 Å². The molecule has 1 unspecified atom stereocenters. The van der Waals surface area contributed by atoms with E-state index in [1.165, 1.54) is 17.7 Å². The van der Waals surface area contributed by atoms with Gasteiger partial charge in [0.2, 0.25) is 0 Å². The average molecular weight is 274 g/mol. The minimum Gasteiger partial charge on any atom is -0.316 e. The van der Waals surface area contributed by atoms with Crippen molar-refractivity contribution in [3.05, 3.63) is 52.0 Å². The van der Waals surface area contributed by atoms with Crippen molar-refractivity contribution in [1.29, 1.82) is 0 Å². The Morgan fingerprint density at radius 2 is 2.00 bits per heavy atom. The van der Waals surface area contributed by atoms with Gasteiger partial charge in [-0.2, -0.15) is 0 Å². The van der Waals surface area contributed by atoms with E-state index in [-0.39, 0.29) is 0 Å². The minimum absolute atomic E-state index is 0.621. The molecule has 0 fully saturated rings. The third-order valence-corrected chi connectivity index (χ3v) is 4.17. The van der Waals surface area contributed by atoms with Gasteiger partial charge in [-0.1, -0.05) is 37.3 Å². The van der Waals surface area contributed by atoms with E-state index < -0.39 is 0 Å². The fourth-order valence-corrected chi connectivity index (χ4v) is 2.78. The summed E-state index contributed by atoms with van der Waals surface area (Å²) in [6.45, 7) is 6.44.